The highest BCUT2D eigenvalue weighted by atomic mass is 16.6. The molecule has 17 heavy (non-hydrogen) atoms. The average molecular weight is 236 g/mol. The molecule has 2 aromatic heterocycles. The van der Waals surface area contributed by atoms with Crippen molar-refractivity contribution in [1.29, 1.82) is 0 Å². The first-order valence-electron chi connectivity index (χ1n) is 4.97. The van der Waals surface area contributed by atoms with E-state index in [4.69, 9.17) is 4.74 Å². The first kappa shape index (κ1) is 11.3. The van der Waals surface area contributed by atoms with Gasteiger partial charge in [-0.3, -0.25) is 4.68 Å². The minimum absolute atomic E-state index is 0.184. The summed E-state index contributed by atoms with van der Waals surface area (Å²) in [5.74, 6) is 0.435. The zero-order chi connectivity index (χ0) is 12.4. The Morgan fingerprint density at radius 1 is 1.47 bits per heavy atom. The fourth-order valence-electron chi connectivity index (χ4n) is 1.40. The molecule has 2 aromatic rings. The van der Waals surface area contributed by atoms with Gasteiger partial charge in [-0.1, -0.05) is 0 Å². The van der Waals surface area contributed by atoms with Gasteiger partial charge in [0.15, 0.2) is 12.3 Å². The van der Waals surface area contributed by atoms with Crippen LogP contribution in [0.4, 0.5) is 0 Å². The highest BCUT2D eigenvalue weighted by molar-refractivity contribution is 5.80. The molecule has 0 aliphatic heterocycles. The van der Waals surface area contributed by atoms with Crippen LogP contribution in [0.25, 0.3) is 11.0 Å². The zero-order valence-electron chi connectivity index (χ0n) is 9.80. The summed E-state index contributed by atoms with van der Waals surface area (Å²) in [6.45, 7) is 1.56. The molecule has 0 aromatic carbocycles. The smallest absolute Gasteiger partial charge is 0.343 e. The third kappa shape index (κ3) is 2.17. The molecule has 2 rings (SSSR count). The summed E-state index contributed by atoms with van der Waals surface area (Å²) in [6.07, 6.45) is 1.60. The predicted octanol–water partition coefficient (Wildman–Crippen LogP) is 0.224. The van der Waals surface area contributed by atoms with Crippen molar-refractivity contribution in [3.63, 3.8) is 0 Å². The zero-order valence-corrected chi connectivity index (χ0v) is 9.80. The van der Waals surface area contributed by atoms with Crippen molar-refractivity contribution in [2.24, 2.45) is 7.05 Å². The predicted molar refractivity (Wildman–Crippen MR) is 58.6 cm³/mol. The van der Waals surface area contributed by atoms with Gasteiger partial charge in [0.1, 0.15) is 11.2 Å². The second kappa shape index (κ2) is 4.36. The molecule has 0 spiro atoms. The Hall–Kier alpha value is -2.18. The quantitative estimate of drug-likeness (QED) is 0.709. The lowest BCUT2D eigenvalue weighted by Crippen LogP contribution is -2.13. The number of ether oxygens (including phenoxy) is 2. The Morgan fingerprint density at radius 2 is 2.24 bits per heavy atom. The molecule has 2 heterocycles. The Bertz CT molecular complexity index is 564. The van der Waals surface area contributed by atoms with Crippen molar-refractivity contribution in [2.45, 2.75) is 6.92 Å². The summed E-state index contributed by atoms with van der Waals surface area (Å²) in [5, 5.41) is 4.73. The van der Waals surface area contributed by atoms with Crippen LogP contribution in [-0.2, 0) is 16.6 Å². The summed E-state index contributed by atoms with van der Waals surface area (Å²) in [7, 11) is 3.08. The van der Waals surface area contributed by atoms with E-state index in [1.807, 2.05) is 0 Å². The molecule has 0 aliphatic carbocycles. The summed E-state index contributed by atoms with van der Waals surface area (Å²) in [4.78, 5) is 19.4. The highest BCUT2D eigenvalue weighted by Gasteiger charge is 2.12. The maximum absolute atomic E-state index is 11.0. The number of nitrogens with zero attached hydrogens (tertiary/aromatic N) is 4. The largest absolute Gasteiger partial charge is 0.466 e. The second-order valence-corrected chi connectivity index (χ2v) is 3.45. The lowest BCUT2D eigenvalue weighted by atomic mass is 10.4. The molecule has 0 bridgehead atoms. The van der Waals surface area contributed by atoms with Crippen molar-refractivity contribution in [1.82, 2.24) is 19.7 Å². The maximum atomic E-state index is 11.0. The van der Waals surface area contributed by atoms with E-state index in [1.165, 1.54) is 7.11 Å². The monoisotopic (exact) mass is 236 g/mol. The van der Waals surface area contributed by atoms with E-state index >= 15 is 0 Å². The molecule has 90 valence electrons. The lowest BCUT2D eigenvalue weighted by molar-refractivity contribution is -0.142. The number of rotatable bonds is 3. The molecule has 0 atom stereocenters. The molecule has 0 unspecified atom stereocenters. The van der Waals surface area contributed by atoms with Gasteiger partial charge >= 0.3 is 5.97 Å². The maximum Gasteiger partial charge on any atom is 0.343 e. The number of aromatic nitrogens is 4. The summed E-state index contributed by atoms with van der Waals surface area (Å²) >= 11 is 0. The number of aryl methyl sites for hydroxylation is 2. The molecule has 0 amide bonds. The third-order valence-corrected chi connectivity index (χ3v) is 2.22. The van der Waals surface area contributed by atoms with Crippen molar-refractivity contribution in [2.75, 3.05) is 13.7 Å². The van der Waals surface area contributed by atoms with Crippen LogP contribution in [0.15, 0.2) is 6.20 Å². The Morgan fingerprint density at radius 3 is 2.94 bits per heavy atom. The molecule has 7 heteroatoms. The molecule has 7 nitrogen and oxygen atoms in total. The normalized spacial score (nSPS) is 10.5. The van der Waals surface area contributed by atoms with Gasteiger partial charge in [0.2, 0.25) is 5.88 Å². The number of carbonyl (C=O) groups excluding carboxylic acids is 1. The molecular weight excluding hydrogens is 224 g/mol. The van der Waals surface area contributed by atoms with Crippen LogP contribution in [0.1, 0.15) is 5.82 Å². The number of hydrogen-bond donors (Lipinski definition) is 0. The van der Waals surface area contributed by atoms with Gasteiger partial charge in [-0.25, -0.2) is 9.78 Å². The van der Waals surface area contributed by atoms with Crippen LogP contribution < -0.4 is 4.74 Å². The van der Waals surface area contributed by atoms with E-state index in [0.717, 1.165) is 0 Å². The second-order valence-electron chi connectivity index (χ2n) is 3.45. The molecule has 0 aliphatic rings. The molecule has 0 radical (unpaired) electrons. The number of methoxy groups -OCH3 is 1. The number of esters is 1. The van der Waals surface area contributed by atoms with Crippen molar-refractivity contribution >= 4 is 17.0 Å². The first-order chi connectivity index (χ1) is 8.11. The first-order valence-corrected chi connectivity index (χ1v) is 4.97. The van der Waals surface area contributed by atoms with Gasteiger partial charge in [0, 0.05) is 7.05 Å². The highest BCUT2D eigenvalue weighted by Crippen LogP contribution is 2.21. The van der Waals surface area contributed by atoms with Gasteiger partial charge in [0.25, 0.3) is 0 Å². The minimum Gasteiger partial charge on any atom is -0.466 e. The van der Waals surface area contributed by atoms with Crippen LogP contribution in [0, 0.1) is 6.92 Å². The van der Waals surface area contributed by atoms with Crippen LogP contribution in [0.5, 0.6) is 5.88 Å². The minimum atomic E-state index is -0.460. The van der Waals surface area contributed by atoms with E-state index in [9.17, 15) is 4.79 Å². The molecule has 0 saturated heterocycles. The van der Waals surface area contributed by atoms with Crippen molar-refractivity contribution < 1.29 is 14.3 Å². The van der Waals surface area contributed by atoms with Gasteiger partial charge < -0.3 is 9.47 Å². The Balaban J connectivity index is 2.36. The van der Waals surface area contributed by atoms with E-state index in [1.54, 1.807) is 24.9 Å². The van der Waals surface area contributed by atoms with Crippen LogP contribution in [0.3, 0.4) is 0 Å². The van der Waals surface area contributed by atoms with Crippen molar-refractivity contribution in [3.8, 4) is 5.88 Å². The number of carbonyl (C=O) groups is 1. The summed E-state index contributed by atoms with van der Waals surface area (Å²) < 4.78 is 11.4. The Labute approximate surface area is 97.4 Å². The summed E-state index contributed by atoms with van der Waals surface area (Å²) in [5.41, 5.74) is 0.664. The summed E-state index contributed by atoms with van der Waals surface area (Å²) in [6, 6.07) is 0. The number of fused-ring (bicyclic) bond motifs is 1. The lowest BCUT2D eigenvalue weighted by Gasteiger charge is -2.05. The fraction of sp³-hybridized carbons (Fsp3) is 0.400. The van der Waals surface area contributed by atoms with Crippen molar-refractivity contribution in [3.05, 3.63) is 12.0 Å². The Kier molecular flexibility index (Phi) is 2.90. The van der Waals surface area contributed by atoms with Crippen LogP contribution in [0.2, 0.25) is 0 Å². The topological polar surface area (TPSA) is 79.1 Å². The van der Waals surface area contributed by atoms with E-state index in [-0.39, 0.29) is 6.61 Å². The molecule has 0 saturated carbocycles. The standard InChI is InChI=1S/C10H12N4O3/c1-6-12-9-7(4-11-14(9)2)10(13-6)17-5-8(15)16-3/h4H,5H2,1-3H3. The van der Waals surface area contributed by atoms with E-state index < -0.39 is 5.97 Å². The van der Waals surface area contributed by atoms with Crippen LogP contribution >= 0.6 is 0 Å². The third-order valence-electron chi connectivity index (χ3n) is 2.22. The molecule has 0 N–H and O–H groups in total. The van der Waals surface area contributed by atoms with Gasteiger partial charge in [-0.2, -0.15) is 10.1 Å². The SMILES string of the molecule is COC(=O)COc1nc(C)nc2c1cnn2C. The van der Waals surface area contributed by atoms with E-state index in [0.29, 0.717) is 22.7 Å². The van der Waals surface area contributed by atoms with Gasteiger partial charge in [0.05, 0.1) is 13.3 Å². The van der Waals surface area contributed by atoms with Crippen LogP contribution in [-0.4, -0.2) is 39.4 Å². The average Bonchev–Trinajstić information content (AvgIpc) is 2.68. The number of hydrogen-bond acceptors (Lipinski definition) is 6. The fourth-order valence-corrected chi connectivity index (χ4v) is 1.40. The molecular formula is C10H12N4O3. The van der Waals surface area contributed by atoms with E-state index in [2.05, 4.69) is 19.8 Å². The van der Waals surface area contributed by atoms with Gasteiger partial charge in [-0.15, -0.1) is 0 Å². The molecule has 0 fully saturated rings. The van der Waals surface area contributed by atoms with Gasteiger partial charge in [-0.05, 0) is 6.92 Å².